The summed E-state index contributed by atoms with van der Waals surface area (Å²) < 4.78 is 13.7. The maximum Gasteiger partial charge on any atom is 0.238 e. The minimum atomic E-state index is -0.00707. The van der Waals surface area contributed by atoms with Crippen LogP contribution < -0.4 is 15.0 Å². The van der Waals surface area contributed by atoms with E-state index in [9.17, 15) is 4.79 Å². The monoisotopic (exact) mass is 383 g/mol. The summed E-state index contributed by atoms with van der Waals surface area (Å²) in [5.74, 6) is 0.856. The van der Waals surface area contributed by atoms with Crippen LogP contribution in [0.25, 0.3) is 11.0 Å². The molecule has 4 rings (SSSR count). The van der Waals surface area contributed by atoms with Crippen LogP contribution >= 0.6 is 11.7 Å². The highest BCUT2D eigenvalue weighted by Crippen LogP contribution is 2.22. The molecule has 1 aromatic heterocycles. The molecule has 3 aromatic rings. The van der Waals surface area contributed by atoms with Gasteiger partial charge in [-0.2, -0.15) is 8.75 Å². The summed E-state index contributed by atoms with van der Waals surface area (Å²) in [6.07, 6.45) is 0. The molecule has 27 heavy (non-hydrogen) atoms. The Labute approximate surface area is 161 Å². The molecule has 0 unspecified atom stereocenters. The molecule has 1 aliphatic heterocycles. The third kappa shape index (κ3) is 4.17. The highest BCUT2D eigenvalue weighted by molar-refractivity contribution is 7.00. The van der Waals surface area contributed by atoms with E-state index in [0.29, 0.717) is 6.54 Å². The molecule has 2 aromatic carbocycles. The van der Waals surface area contributed by atoms with Crippen LogP contribution in [0, 0.1) is 0 Å². The first-order valence-electron chi connectivity index (χ1n) is 8.85. The van der Waals surface area contributed by atoms with Crippen LogP contribution in [0.5, 0.6) is 5.75 Å². The number of piperazine rings is 1. The second-order valence-electron chi connectivity index (χ2n) is 6.48. The minimum Gasteiger partial charge on any atom is -0.497 e. The third-order valence-electron chi connectivity index (χ3n) is 4.70. The van der Waals surface area contributed by atoms with Crippen molar-refractivity contribution in [2.45, 2.75) is 0 Å². The second-order valence-corrected chi connectivity index (χ2v) is 7.01. The van der Waals surface area contributed by atoms with Gasteiger partial charge in [-0.25, -0.2) is 0 Å². The van der Waals surface area contributed by atoms with Crippen molar-refractivity contribution < 1.29 is 9.53 Å². The number of benzene rings is 2. The number of rotatable bonds is 5. The Bertz CT molecular complexity index is 937. The molecule has 1 amide bonds. The van der Waals surface area contributed by atoms with E-state index in [1.54, 1.807) is 7.11 Å². The van der Waals surface area contributed by atoms with Crippen molar-refractivity contribution in [3.05, 3.63) is 42.5 Å². The number of nitrogens with zero attached hydrogens (tertiary/aromatic N) is 4. The van der Waals surface area contributed by atoms with Crippen LogP contribution in [0.15, 0.2) is 42.5 Å². The van der Waals surface area contributed by atoms with Crippen LogP contribution in [0.2, 0.25) is 0 Å². The Kier molecular flexibility index (Phi) is 5.17. The summed E-state index contributed by atoms with van der Waals surface area (Å²) in [6, 6.07) is 13.7. The molecule has 7 nitrogen and oxygen atoms in total. The van der Waals surface area contributed by atoms with Gasteiger partial charge in [0, 0.05) is 43.6 Å². The zero-order valence-electron chi connectivity index (χ0n) is 15.1. The maximum atomic E-state index is 12.4. The summed E-state index contributed by atoms with van der Waals surface area (Å²) in [5.41, 5.74) is 3.58. The van der Waals surface area contributed by atoms with Crippen LogP contribution in [0.4, 0.5) is 11.4 Å². The average molecular weight is 383 g/mol. The molecule has 0 atom stereocenters. The average Bonchev–Trinajstić information content (AvgIpc) is 3.16. The van der Waals surface area contributed by atoms with E-state index < -0.39 is 0 Å². The van der Waals surface area contributed by atoms with E-state index in [1.165, 1.54) is 11.7 Å². The largest absolute Gasteiger partial charge is 0.497 e. The van der Waals surface area contributed by atoms with E-state index in [4.69, 9.17) is 4.74 Å². The fourth-order valence-electron chi connectivity index (χ4n) is 3.23. The van der Waals surface area contributed by atoms with Crippen molar-refractivity contribution in [3.8, 4) is 5.75 Å². The van der Waals surface area contributed by atoms with Gasteiger partial charge in [0.2, 0.25) is 5.91 Å². The number of aromatic nitrogens is 2. The van der Waals surface area contributed by atoms with Gasteiger partial charge in [-0.1, -0.05) is 6.07 Å². The Hall–Kier alpha value is -2.71. The fraction of sp³-hybridized carbons (Fsp3) is 0.316. The maximum absolute atomic E-state index is 12.4. The predicted molar refractivity (Wildman–Crippen MR) is 108 cm³/mol. The van der Waals surface area contributed by atoms with E-state index >= 15 is 0 Å². The number of ether oxygens (including phenoxy) is 1. The van der Waals surface area contributed by atoms with Crippen molar-refractivity contribution in [1.29, 1.82) is 0 Å². The van der Waals surface area contributed by atoms with Gasteiger partial charge in [0.25, 0.3) is 0 Å². The standard InChI is InChI=1S/C19H21N5O2S/c1-26-16-4-2-3-15(12-16)24-9-7-23(8-10-24)13-19(25)20-14-5-6-17-18(11-14)22-27-21-17/h2-6,11-12H,7-10,13H2,1H3,(H,20,25). The van der Waals surface area contributed by atoms with Gasteiger partial charge in [-0.15, -0.1) is 0 Å². The van der Waals surface area contributed by atoms with Crippen molar-refractivity contribution in [3.63, 3.8) is 0 Å². The number of carbonyl (C=O) groups excluding carboxylic acids is 1. The highest BCUT2D eigenvalue weighted by atomic mass is 32.1. The number of nitrogens with one attached hydrogen (secondary N) is 1. The Morgan fingerprint density at radius 1 is 1.11 bits per heavy atom. The van der Waals surface area contributed by atoms with E-state index in [-0.39, 0.29) is 5.91 Å². The lowest BCUT2D eigenvalue weighted by Gasteiger charge is -2.35. The van der Waals surface area contributed by atoms with Crippen LogP contribution in [0.3, 0.4) is 0 Å². The molecule has 1 aliphatic rings. The molecular formula is C19H21N5O2S. The number of amides is 1. The molecule has 0 radical (unpaired) electrons. The lowest BCUT2D eigenvalue weighted by Crippen LogP contribution is -2.48. The molecule has 1 fully saturated rings. The molecule has 0 spiro atoms. The number of hydrogen-bond donors (Lipinski definition) is 1. The van der Waals surface area contributed by atoms with Gasteiger partial charge < -0.3 is 15.0 Å². The lowest BCUT2D eigenvalue weighted by molar-refractivity contribution is -0.117. The van der Waals surface area contributed by atoms with E-state index in [1.807, 2.05) is 36.4 Å². The first kappa shape index (κ1) is 17.7. The fourth-order valence-corrected chi connectivity index (χ4v) is 3.75. The normalized spacial score (nSPS) is 15.1. The summed E-state index contributed by atoms with van der Waals surface area (Å²) >= 11 is 1.18. The van der Waals surface area contributed by atoms with Gasteiger partial charge >= 0.3 is 0 Å². The molecule has 0 aliphatic carbocycles. The number of carbonyl (C=O) groups is 1. The summed E-state index contributed by atoms with van der Waals surface area (Å²) in [4.78, 5) is 16.9. The third-order valence-corrected chi connectivity index (χ3v) is 5.25. The molecule has 1 N–H and O–H groups in total. The molecule has 0 saturated carbocycles. The van der Waals surface area contributed by atoms with Gasteiger partial charge in [-0.3, -0.25) is 9.69 Å². The van der Waals surface area contributed by atoms with Crippen molar-refractivity contribution in [2.24, 2.45) is 0 Å². The van der Waals surface area contributed by atoms with Crippen molar-refractivity contribution in [1.82, 2.24) is 13.6 Å². The molecule has 140 valence electrons. The first-order chi connectivity index (χ1) is 13.2. The molecule has 8 heteroatoms. The molecular weight excluding hydrogens is 362 g/mol. The summed E-state index contributed by atoms with van der Waals surface area (Å²) in [5, 5.41) is 2.96. The Morgan fingerprint density at radius 2 is 1.93 bits per heavy atom. The quantitative estimate of drug-likeness (QED) is 0.730. The van der Waals surface area contributed by atoms with Gasteiger partial charge in [0.05, 0.1) is 25.4 Å². The number of anilines is 2. The van der Waals surface area contributed by atoms with Crippen molar-refractivity contribution in [2.75, 3.05) is 50.1 Å². The zero-order valence-corrected chi connectivity index (χ0v) is 15.9. The number of fused-ring (bicyclic) bond motifs is 1. The zero-order chi connectivity index (χ0) is 18.6. The van der Waals surface area contributed by atoms with Gasteiger partial charge in [0.1, 0.15) is 16.8 Å². The summed E-state index contributed by atoms with van der Waals surface area (Å²) in [6.45, 7) is 3.85. The predicted octanol–water partition coefficient (Wildman–Crippen LogP) is 2.46. The van der Waals surface area contributed by atoms with E-state index in [2.05, 4.69) is 29.9 Å². The highest BCUT2D eigenvalue weighted by Gasteiger charge is 2.19. The number of hydrogen-bond acceptors (Lipinski definition) is 7. The second kappa shape index (κ2) is 7.89. The Balaban J connectivity index is 1.30. The SMILES string of the molecule is COc1cccc(N2CCN(CC(=O)Nc3ccc4nsnc4c3)CC2)c1. The topological polar surface area (TPSA) is 70.6 Å². The van der Waals surface area contributed by atoms with Crippen LogP contribution in [0.1, 0.15) is 0 Å². The Morgan fingerprint density at radius 3 is 2.74 bits per heavy atom. The van der Waals surface area contributed by atoms with Gasteiger partial charge in [0.15, 0.2) is 0 Å². The van der Waals surface area contributed by atoms with Crippen LogP contribution in [-0.4, -0.2) is 59.4 Å². The van der Waals surface area contributed by atoms with Crippen molar-refractivity contribution >= 4 is 40.0 Å². The van der Waals surface area contributed by atoms with Gasteiger partial charge in [-0.05, 0) is 30.3 Å². The van der Waals surface area contributed by atoms with E-state index in [0.717, 1.165) is 54.3 Å². The first-order valence-corrected chi connectivity index (χ1v) is 9.58. The molecule has 2 heterocycles. The summed E-state index contributed by atoms with van der Waals surface area (Å²) in [7, 11) is 1.68. The smallest absolute Gasteiger partial charge is 0.238 e. The lowest BCUT2D eigenvalue weighted by atomic mass is 10.2. The number of methoxy groups -OCH3 is 1. The minimum absolute atomic E-state index is 0.00707. The van der Waals surface area contributed by atoms with Crippen LogP contribution in [-0.2, 0) is 4.79 Å². The molecule has 1 saturated heterocycles. The molecule has 0 bridgehead atoms.